The molecule has 1 saturated heterocycles. The number of benzene rings is 1. The molecule has 4 nitrogen and oxygen atoms in total. The summed E-state index contributed by atoms with van der Waals surface area (Å²) in [6.07, 6.45) is 3.85. The maximum atomic E-state index is 12.2. The highest BCUT2D eigenvalue weighted by Crippen LogP contribution is 2.26. The number of hydrogen-bond acceptors (Lipinski definition) is 3. The number of piperidine rings is 1. The van der Waals surface area contributed by atoms with Crippen LogP contribution in [-0.4, -0.2) is 25.7 Å². The normalized spacial score (nSPS) is 15.5. The molecule has 0 spiro atoms. The van der Waals surface area contributed by atoms with Crippen LogP contribution in [0.3, 0.4) is 0 Å². The van der Waals surface area contributed by atoms with Crippen LogP contribution in [-0.2, 0) is 11.3 Å². The molecule has 0 atom stereocenters. The number of nitrogens with one attached hydrogen (secondary N) is 1. The van der Waals surface area contributed by atoms with Crippen molar-refractivity contribution >= 4 is 16.9 Å². The first-order valence-corrected chi connectivity index (χ1v) is 7.80. The predicted molar refractivity (Wildman–Crippen MR) is 80.4 cm³/mol. The molecule has 0 saturated carbocycles. The van der Waals surface area contributed by atoms with E-state index in [2.05, 4.69) is 0 Å². The lowest BCUT2D eigenvalue weighted by atomic mass is 10.1. The summed E-state index contributed by atoms with van der Waals surface area (Å²) in [5.74, 6) is 0.0382. The van der Waals surface area contributed by atoms with Crippen molar-refractivity contribution in [2.24, 2.45) is 0 Å². The van der Waals surface area contributed by atoms with Crippen molar-refractivity contribution in [2.75, 3.05) is 19.7 Å². The number of halogens is 1. The lowest BCUT2D eigenvalue weighted by molar-refractivity contribution is -0.918. The Hall–Kier alpha value is -1.52. The van der Waals surface area contributed by atoms with Crippen molar-refractivity contribution < 1.29 is 31.3 Å². The van der Waals surface area contributed by atoms with Gasteiger partial charge in [0.15, 0.2) is 0 Å². The van der Waals surface area contributed by atoms with Gasteiger partial charge >= 0.3 is 5.97 Å². The minimum atomic E-state index is -0.347. The summed E-state index contributed by atoms with van der Waals surface area (Å²) in [6.45, 7) is 5.36. The van der Waals surface area contributed by atoms with Gasteiger partial charge in [-0.05, 0) is 32.3 Å². The number of rotatable bonds is 4. The molecule has 2 heterocycles. The minimum Gasteiger partial charge on any atom is -1.00 e. The fraction of sp³-hybridized carbons (Fsp3) is 0.471. The zero-order chi connectivity index (χ0) is 14.7. The minimum absolute atomic E-state index is 0. The Morgan fingerprint density at radius 3 is 2.68 bits per heavy atom. The monoisotopic (exact) mass is 323 g/mol. The first-order valence-electron chi connectivity index (χ1n) is 7.80. The van der Waals surface area contributed by atoms with Gasteiger partial charge in [-0.2, -0.15) is 0 Å². The summed E-state index contributed by atoms with van der Waals surface area (Å²) in [4.78, 5) is 13.7. The van der Waals surface area contributed by atoms with Crippen LogP contribution in [0.2, 0.25) is 0 Å². The standard InChI is InChI=1S/C17H21NO3.ClH/c1-2-20-17(19)16-14(12-18-10-6-3-7-11-18)13-8-4-5-9-15(13)21-16;/h4-5,8-9H,2-3,6-7,10-12H2,1H3;1H. The first-order chi connectivity index (χ1) is 10.3. The lowest BCUT2D eigenvalue weighted by Crippen LogP contribution is -3.11. The molecule has 1 aromatic heterocycles. The van der Waals surface area contributed by atoms with Crippen LogP contribution < -0.4 is 17.3 Å². The van der Waals surface area contributed by atoms with E-state index in [1.54, 1.807) is 0 Å². The number of para-hydroxylation sites is 1. The number of carbonyl (C=O) groups is 1. The maximum absolute atomic E-state index is 12.2. The zero-order valence-corrected chi connectivity index (χ0v) is 13.6. The molecule has 0 aliphatic carbocycles. The van der Waals surface area contributed by atoms with Gasteiger partial charge in [0, 0.05) is 5.39 Å². The first kappa shape index (κ1) is 16.8. The molecule has 1 aliphatic heterocycles. The Kier molecular flexibility index (Phi) is 5.86. The fourth-order valence-electron chi connectivity index (χ4n) is 3.11. The highest BCUT2D eigenvalue weighted by molar-refractivity contribution is 5.95. The van der Waals surface area contributed by atoms with E-state index < -0.39 is 0 Å². The zero-order valence-electron chi connectivity index (χ0n) is 12.9. The third-order valence-electron chi connectivity index (χ3n) is 4.15. The number of furan rings is 1. The smallest absolute Gasteiger partial charge is 0.374 e. The topological polar surface area (TPSA) is 43.9 Å². The maximum Gasteiger partial charge on any atom is 0.374 e. The van der Waals surface area contributed by atoms with Gasteiger partial charge in [-0.3, -0.25) is 0 Å². The van der Waals surface area contributed by atoms with Crippen molar-refractivity contribution in [3.63, 3.8) is 0 Å². The molecular formula is C17H22ClNO3. The number of quaternary nitrogens is 1. The summed E-state index contributed by atoms with van der Waals surface area (Å²) < 4.78 is 10.9. The molecule has 0 unspecified atom stereocenters. The third kappa shape index (κ3) is 3.45. The lowest BCUT2D eigenvalue weighted by Gasteiger charge is -2.23. The van der Waals surface area contributed by atoms with Crippen LogP contribution in [0, 0.1) is 0 Å². The van der Waals surface area contributed by atoms with Gasteiger partial charge in [0.25, 0.3) is 0 Å². The van der Waals surface area contributed by atoms with Crippen molar-refractivity contribution in [3.8, 4) is 0 Å². The number of carbonyl (C=O) groups excluding carboxylic acids is 1. The SMILES string of the molecule is CCOC(=O)c1oc2ccccc2c1C[NH+]1CCCCC1.[Cl-]. The van der Waals surface area contributed by atoms with Gasteiger partial charge in [0.05, 0.1) is 25.3 Å². The average molecular weight is 324 g/mol. The highest BCUT2D eigenvalue weighted by atomic mass is 35.5. The Bertz CT molecular complexity index is 632. The highest BCUT2D eigenvalue weighted by Gasteiger charge is 2.25. The Morgan fingerprint density at radius 1 is 1.23 bits per heavy atom. The van der Waals surface area contributed by atoms with Crippen molar-refractivity contribution in [2.45, 2.75) is 32.7 Å². The van der Waals surface area contributed by atoms with Crippen molar-refractivity contribution in [3.05, 3.63) is 35.6 Å². The summed E-state index contributed by atoms with van der Waals surface area (Å²) in [7, 11) is 0. The van der Waals surface area contributed by atoms with Crippen LogP contribution in [0.4, 0.5) is 0 Å². The largest absolute Gasteiger partial charge is 1.00 e. The average Bonchev–Trinajstić information content (AvgIpc) is 2.88. The molecule has 5 heteroatoms. The quantitative estimate of drug-likeness (QED) is 0.748. The van der Waals surface area contributed by atoms with Gasteiger partial charge in [-0.1, -0.05) is 18.2 Å². The molecular weight excluding hydrogens is 302 g/mol. The molecule has 1 aliphatic rings. The number of esters is 1. The van der Waals surface area contributed by atoms with Crippen molar-refractivity contribution in [1.29, 1.82) is 0 Å². The molecule has 22 heavy (non-hydrogen) atoms. The summed E-state index contributed by atoms with van der Waals surface area (Å²) >= 11 is 0. The molecule has 1 N–H and O–H groups in total. The van der Waals surface area contributed by atoms with E-state index in [0.717, 1.165) is 23.1 Å². The van der Waals surface area contributed by atoms with Gasteiger partial charge in [-0.25, -0.2) is 4.79 Å². The molecule has 120 valence electrons. The molecule has 1 aromatic carbocycles. The van der Waals surface area contributed by atoms with Crippen molar-refractivity contribution in [1.82, 2.24) is 0 Å². The van der Waals surface area contributed by atoms with E-state index in [1.165, 1.54) is 37.3 Å². The van der Waals surface area contributed by atoms with Gasteiger partial charge in [0.2, 0.25) is 5.76 Å². The molecule has 1 fully saturated rings. The van der Waals surface area contributed by atoms with E-state index in [1.807, 2.05) is 31.2 Å². The van der Waals surface area contributed by atoms with E-state index in [4.69, 9.17) is 9.15 Å². The molecule has 2 aromatic rings. The summed E-state index contributed by atoms with van der Waals surface area (Å²) in [5, 5.41) is 1.04. The van der Waals surface area contributed by atoms with E-state index >= 15 is 0 Å². The van der Waals surface area contributed by atoms with Crippen LogP contribution in [0.1, 0.15) is 42.3 Å². The molecule has 3 rings (SSSR count). The number of hydrogen-bond donors (Lipinski definition) is 1. The second kappa shape index (κ2) is 7.65. The number of ether oxygens (including phenoxy) is 1. The Balaban J connectivity index is 0.00000176. The number of likely N-dealkylation sites (tertiary alicyclic amines) is 1. The molecule has 0 radical (unpaired) electrons. The number of fused-ring (bicyclic) bond motifs is 1. The molecule has 0 bridgehead atoms. The van der Waals surface area contributed by atoms with Crippen LogP contribution in [0.15, 0.2) is 28.7 Å². The molecule has 0 amide bonds. The van der Waals surface area contributed by atoms with E-state index in [9.17, 15) is 4.79 Å². The van der Waals surface area contributed by atoms with E-state index in [-0.39, 0.29) is 18.4 Å². The second-order valence-corrected chi connectivity index (χ2v) is 5.61. The second-order valence-electron chi connectivity index (χ2n) is 5.61. The van der Waals surface area contributed by atoms with Gasteiger partial charge in [-0.15, -0.1) is 0 Å². The third-order valence-corrected chi connectivity index (χ3v) is 4.15. The van der Waals surface area contributed by atoms with Gasteiger partial charge < -0.3 is 26.5 Å². The summed E-state index contributed by atoms with van der Waals surface area (Å²) in [5.41, 5.74) is 1.77. The summed E-state index contributed by atoms with van der Waals surface area (Å²) in [6, 6.07) is 7.85. The van der Waals surface area contributed by atoms with E-state index in [0.29, 0.717) is 12.4 Å². The fourth-order valence-corrected chi connectivity index (χ4v) is 3.11. The van der Waals surface area contributed by atoms with Crippen LogP contribution >= 0.6 is 0 Å². The Morgan fingerprint density at radius 2 is 1.95 bits per heavy atom. The van der Waals surface area contributed by atoms with Crippen LogP contribution in [0.25, 0.3) is 11.0 Å². The van der Waals surface area contributed by atoms with Gasteiger partial charge in [0.1, 0.15) is 12.1 Å². The van der Waals surface area contributed by atoms with Crippen LogP contribution in [0.5, 0.6) is 0 Å². The Labute approximate surface area is 136 Å². The predicted octanol–water partition coefficient (Wildman–Crippen LogP) is -0.818.